The van der Waals surface area contributed by atoms with Crippen molar-refractivity contribution < 1.29 is 18.7 Å². The van der Waals surface area contributed by atoms with Crippen molar-refractivity contribution in [1.82, 2.24) is 15.1 Å². The van der Waals surface area contributed by atoms with E-state index >= 15 is 0 Å². The van der Waals surface area contributed by atoms with Crippen molar-refractivity contribution in [2.45, 2.75) is 45.6 Å². The fraction of sp³-hybridized carbons (Fsp3) is 0.423. The van der Waals surface area contributed by atoms with E-state index in [1.807, 2.05) is 43.0 Å². The number of hydrogen-bond acceptors (Lipinski definition) is 6. The Kier molecular flexibility index (Phi) is 7.73. The molecular weight excluding hydrogens is 418 g/mol. The van der Waals surface area contributed by atoms with Crippen molar-refractivity contribution >= 4 is 5.91 Å². The molecule has 0 radical (unpaired) electrons. The molecule has 4 rings (SSSR count). The summed E-state index contributed by atoms with van der Waals surface area (Å²) in [6.45, 7) is 6.45. The molecule has 0 unspecified atom stereocenters. The van der Waals surface area contributed by atoms with Crippen molar-refractivity contribution in [2.24, 2.45) is 0 Å². The third-order valence-electron chi connectivity index (χ3n) is 5.60. The highest BCUT2D eigenvalue weighted by Crippen LogP contribution is 2.23. The maximum Gasteiger partial charge on any atom is 0.223 e. The van der Waals surface area contributed by atoms with Crippen LogP contribution in [-0.4, -0.2) is 47.4 Å². The number of benzene rings is 2. The Labute approximate surface area is 194 Å². The first-order valence-electron chi connectivity index (χ1n) is 11.5. The number of aryl methyl sites for hydroxylation is 1. The van der Waals surface area contributed by atoms with E-state index < -0.39 is 0 Å². The smallest absolute Gasteiger partial charge is 0.223 e. The Bertz CT molecular complexity index is 1060. The molecule has 33 heavy (non-hydrogen) atoms. The lowest BCUT2D eigenvalue weighted by Gasteiger charge is -2.23. The SMILES string of the molecule is CC(C)c1nnc(CCC(=O)N2CCOCCOc3ccccc3Cc3cccc(c3)C2)o1. The van der Waals surface area contributed by atoms with Gasteiger partial charge in [0.25, 0.3) is 0 Å². The summed E-state index contributed by atoms with van der Waals surface area (Å²) in [5.41, 5.74) is 3.42. The van der Waals surface area contributed by atoms with E-state index in [-0.39, 0.29) is 11.8 Å². The zero-order valence-corrected chi connectivity index (χ0v) is 19.3. The second-order valence-electron chi connectivity index (χ2n) is 8.57. The zero-order valence-electron chi connectivity index (χ0n) is 19.3. The van der Waals surface area contributed by atoms with Crippen LogP contribution < -0.4 is 4.74 Å². The third kappa shape index (κ3) is 6.42. The van der Waals surface area contributed by atoms with Gasteiger partial charge in [0.15, 0.2) is 0 Å². The van der Waals surface area contributed by atoms with Crippen molar-refractivity contribution in [3.05, 3.63) is 77.0 Å². The first-order valence-corrected chi connectivity index (χ1v) is 11.5. The third-order valence-corrected chi connectivity index (χ3v) is 5.60. The average Bonchev–Trinajstić information content (AvgIpc) is 3.29. The lowest BCUT2D eigenvalue weighted by Crippen LogP contribution is -2.34. The molecule has 7 heteroatoms. The van der Waals surface area contributed by atoms with Crippen LogP contribution in [0.25, 0.3) is 0 Å². The van der Waals surface area contributed by atoms with Crippen LogP contribution in [0.15, 0.2) is 52.9 Å². The van der Waals surface area contributed by atoms with Gasteiger partial charge in [-0.25, -0.2) is 0 Å². The van der Waals surface area contributed by atoms with E-state index in [0.717, 1.165) is 23.3 Å². The summed E-state index contributed by atoms with van der Waals surface area (Å²) in [5.74, 6) is 2.21. The highest BCUT2D eigenvalue weighted by atomic mass is 16.5. The highest BCUT2D eigenvalue weighted by Gasteiger charge is 2.17. The molecular formula is C26H31N3O4. The number of amides is 1. The minimum absolute atomic E-state index is 0.0435. The van der Waals surface area contributed by atoms with E-state index in [9.17, 15) is 4.79 Å². The number of fused-ring (bicyclic) bond motifs is 3. The maximum absolute atomic E-state index is 13.1. The normalized spacial score (nSPS) is 14.9. The van der Waals surface area contributed by atoms with Gasteiger partial charge in [-0.2, -0.15) is 0 Å². The van der Waals surface area contributed by atoms with Crippen molar-refractivity contribution in [3.8, 4) is 5.75 Å². The standard InChI is InChI=1S/C26H31N3O4/c1-19(2)26-28-27-24(33-26)10-11-25(30)29-12-13-31-14-15-32-23-9-4-3-8-22(23)17-20-6-5-7-21(16-20)18-29/h3-9,16,19H,10-15,17-18H2,1-2H3. The molecule has 0 spiro atoms. The predicted molar refractivity (Wildman–Crippen MR) is 124 cm³/mol. The number of hydrogen-bond donors (Lipinski definition) is 0. The molecule has 0 saturated carbocycles. The molecule has 2 bridgehead atoms. The van der Waals surface area contributed by atoms with E-state index in [2.05, 4.69) is 34.5 Å². The summed E-state index contributed by atoms with van der Waals surface area (Å²) < 4.78 is 17.4. The summed E-state index contributed by atoms with van der Waals surface area (Å²) >= 11 is 0. The summed E-state index contributed by atoms with van der Waals surface area (Å²) in [6.07, 6.45) is 1.52. The molecule has 0 fully saturated rings. The fourth-order valence-electron chi connectivity index (χ4n) is 3.82. The van der Waals surface area contributed by atoms with E-state index in [0.29, 0.717) is 57.5 Å². The van der Waals surface area contributed by atoms with Crippen LogP contribution in [0.2, 0.25) is 0 Å². The first kappa shape index (κ1) is 23.0. The minimum Gasteiger partial charge on any atom is -0.491 e. The Morgan fingerprint density at radius 3 is 2.73 bits per heavy atom. The van der Waals surface area contributed by atoms with E-state index in [1.54, 1.807) is 0 Å². The van der Waals surface area contributed by atoms with Gasteiger partial charge >= 0.3 is 0 Å². The molecule has 2 aromatic carbocycles. The minimum atomic E-state index is 0.0435. The van der Waals surface area contributed by atoms with Crippen LogP contribution in [0.3, 0.4) is 0 Å². The maximum atomic E-state index is 13.1. The number of nitrogens with zero attached hydrogens (tertiary/aromatic N) is 3. The van der Waals surface area contributed by atoms with Gasteiger partial charge in [-0.05, 0) is 22.8 Å². The van der Waals surface area contributed by atoms with E-state index in [1.165, 1.54) is 5.56 Å². The summed E-state index contributed by atoms with van der Waals surface area (Å²) in [4.78, 5) is 14.9. The fourth-order valence-corrected chi connectivity index (χ4v) is 3.82. The Morgan fingerprint density at radius 1 is 1.03 bits per heavy atom. The topological polar surface area (TPSA) is 77.7 Å². The molecule has 2 heterocycles. The van der Waals surface area contributed by atoms with Gasteiger partial charge in [0.05, 0.1) is 13.2 Å². The number of rotatable bonds is 4. The lowest BCUT2D eigenvalue weighted by molar-refractivity contribution is -0.132. The summed E-state index contributed by atoms with van der Waals surface area (Å²) in [7, 11) is 0. The van der Waals surface area contributed by atoms with Crippen LogP contribution in [0.5, 0.6) is 5.75 Å². The van der Waals surface area contributed by atoms with Gasteiger partial charge < -0.3 is 18.8 Å². The van der Waals surface area contributed by atoms with Crippen LogP contribution in [0.4, 0.5) is 0 Å². The number of para-hydroxylation sites is 1. The van der Waals surface area contributed by atoms with Gasteiger partial charge in [-0.1, -0.05) is 56.3 Å². The molecule has 0 N–H and O–H groups in total. The molecule has 1 amide bonds. The summed E-state index contributed by atoms with van der Waals surface area (Å²) in [5, 5.41) is 8.12. The van der Waals surface area contributed by atoms with Crippen LogP contribution in [-0.2, 0) is 28.9 Å². The molecule has 0 aliphatic carbocycles. The largest absolute Gasteiger partial charge is 0.491 e. The number of aromatic nitrogens is 2. The van der Waals surface area contributed by atoms with Crippen molar-refractivity contribution in [1.29, 1.82) is 0 Å². The van der Waals surface area contributed by atoms with Gasteiger partial charge in [0.1, 0.15) is 12.4 Å². The summed E-state index contributed by atoms with van der Waals surface area (Å²) in [6, 6.07) is 16.5. The molecule has 0 atom stereocenters. The molecule has 1 aliphatic rings. The zero-order chi connectivity index (χ0) is 23.0. The Morgan fingerprint density at radius 2 is 1.88 bits per heavy atom. The molecule has 0 saturated heterocycles. The number of carbonyl (C=O) groups excluding carboxylic acids is 1. The van der Waals surface area contributed by atoms with Crippen LogP contribution >= 0.6 is 0 Å². The second kappa shape index (κ2) is 11.1. The predicted octanol–water partition coefficient (Wildman–Crippen LogP) is 4.15. The molecule has 1 aliphatic heterocycles. The van der Waals surface area contributed by atoms with Crippen molar-refractivity contribution in [2.75, 3.05) is 26.4 Å². The van der Waals surface area contributed by atoms with Crippen LogP contribution in [0, 0.1) is 0 Å². The number of ether oxygens (including phenoxy) is 2. The van der Waals surface area contributed by atoms with Gasteiger partial charge in [0, 0.05) is 38.3 Å². The lowest BCUT2D eigenvalue weighted by atomic mass is 10.0. The molecule has 174 valence electrons. The van der Waals surface area contributed by atoms with Gasteiger partial charge in [0.2, 0.25) is 17.7 Å². The van der Waals surface area contributed by atoms with E-state index in [4.69, 9.17) is 13.9 Å². The first-order chi connectivity index (χ1) is 16.1. The van der Waals surface area contributed by atoms with Gasteiger partial charge in [-0.15, -0.1) is 10.2 Å². The quantitative estimate of drug-likeness (QED) is 0.595. The molecule has 1 aromatic heterocycles. The van der Waals surface area contributed by atoms with Gasteiger partial charge in [-0.3, -0.25) is 4.79 Å². The Hall–Kier alpha value is -3.19. The Balaban J connectivity index is 1.47. The van der Waals surface area contributed by atoms with Crippen LogP contribution in [0.1, 0.15) is 54.7 Å². The monoisotopic (exact) mass is 449 g/mol. The highest BCUT2D eigenvalue weighted by molar-refractivity contribution is 5.76. The number of carbonyl (C=O) groups is 1. The molecule has 7 nitrogen and oxygen atoms in total. The molecule has 3 aromatic rings. The second-order valence-corrected chi connectivity index (χ2v) is 8.57. The average molecular weight is 450 g/mol. The van der Waals surface area contributed by atoms with Crippen molar-refractivity contribution in [3.63, 3.8) is 0 Å².